The first-order valence-corrected chi connectivity index (χ1v) is 4.56. The van der Waals surface area contributed by atoms with Gasteiger partial charge < -0.3 is 10.1 Å². The third-order valence-corrected chi connectivity index (χ3v) is 2.46. The predicted octanol–water partition coefficient (Wildman–Crippen LogP) is 1.67. The summed E-state index contributed by atoms with van der Waals surface area (Å²) in [5, 5.41) is 9.37. The van der Waals surface area contributed by atoms with E-state index in [-0.39, 0.29) is 16.6 Å². The number of hydrogen-bond acceptors (Lipinski definition) is 2. The molecule has 0 saturated heterocycles. The molecule has 2 aromatic rings. The van der Waals surface area contributed by atoms with Crippen LogP contribution in [-0.4, -0.2) is 16.1 Å². The number of fused-ring (bicyclic) bond motifs is 1. The molecule has 1 heterocycles. The van der Waals surface area contributed by atoms with E-state index in [4.69, 9.17) is 5.11 Å². The summed E-state index contributed by atoms with van der Waals surface area (Å²) in [7, 11) is 0. The minimum absolute atomic E-state index is 0.244. The maximum absolute atomic E-state index is 13.3. The van der Waals surface area contributed by atoms with E-state index < -0.39 is 17.3 Å². The van der Waals surface area contributed by atoms with Crippen LogP contribution in [0, 0.1) is 12.7 Å². The number of carbonyl (C=O) groups is 1. The van der Waals surface area contributed by atoms with Crippen LogP contribution in [0.25, 0.3) is 10.8 Å². The zero-order valence-corrected chi connectivity index (χ0v) is 8.37. The summed E-state index contributed by atoms with van der Waals surface area (Å²) in [6, 6.07) is 3.78. The molecule has 5 heteroatoms. The number of aromatic carboxylic acids is 1. The molecule has 0 spiro atoms. The molecule has 0 aliphatic heterocycles. The van der Waals surface area contributed by atoms with Gasteiger partial charge >= 0.3 is 5.97 Å². The molecule has 2 rings (SSSR count). The lowest BCUT2D eigenvalue weighted by molar-refractivity contribution is 0.0690. The average Bonchev–Trinajstić information content (AvgIpc) is 2.23. The van der Waals surface area contributed by atoms with Crippen molar-refractivity contribution in [3.8, 4) is 0 Å². The highest BCUT2D eigenvalue weighted by Gasteiger charge is 2.10. The second-order valence-corrected chi connectivity index (χ2v) is 3.45. The monoisotopic (exact) mass is 221 g/mol. The summed E-state index contributed by atoms with van der Waals surface area (Å²) in [6.45, 7) is 1.50. The van der Waals surface area contributed by atoms with Crippen LogP contribution in [0.5, 0.6) is 0 Å². The van der Waals surface area contributed by atoms with Gasteiger partial charge in [-0.3, -0.25) is 4.79 Å². The zero-order valence-electron chi connectivity index (χ0n) is 8.37. The third kappa shape index (κ3) is 1.46. The lowest BCUT2D eigenvalue weighted by Crippen LogP contribution is -2.13. The fraction of sp³-hybridized carbons (Fsp3) is 0.0909. The number of halogens is 1. The fourth-order valence-corrected chi connectivity index (χ4v) is 1.57. The fourth-order valence-electron chi connectivity index (χ4n) is 1.57. The minimum Gasteiger partial charge on any atom is -0.477 e. The molecule has 16 heavy (non-hydrogen) atoms. The van der Waals surface area contributed by atoms with E-state index in [1.807, 2.05) is 0 Å². The maximum Gasteiger partial charge on any atom is 0.352 e. The largest absolute Gasteiger partial charge is 0.477 e. The lowest BCUT2D eigenvalue weighted by atomic mass is 10.1. The number of rotatable bonds is 1. The van der Waals surface area contributed by atoms with Crippen LogP contribution < -0.4 is 5.56 Å². The second-order valence-electron chi connectivity index (χ2n) is 3.45. The molecular formula is C11H8FNO3. The third-order valence-electron chi connectivity index (χ3n) is 2.46. The van der Waals surface area contributed by atoms with Crippen molar-refractivity contribution >= 4 is 16.7 Å². The van der Waals surface area contributed by atoms with Crippen molar-refractivity contribution in [2.24, 2.45) is 0 Å². The summed E-state index contributed by atoms with van der Waals surface area (Å²) in [4.78, 5) is 24.5. The Balaban J connectivity index is 2.94. The van der Waals surface area contributed by atoms with Gasteiger partial charge in [-0.15, -0.1) is 0 Å². The van der Waals surface area contributed by atoms with E-state index in [2.05, 4.69) is 4.98 Å². The maximum atomic E-state index is 13.3. The van der Waals surface area contributed by atoms with E-state index in [1.165, 1.54) is 25.1 Å². The number of benzene rings is 1. The molecule has 0 aliphatic carbocycles. The molecule has 82 valence electrons. The molecule has 1 aromatic carbocycles. The van der Waals surface area contributed by atoms with Crippen molar-refractivity contribution in [3.63, 3.8) is 0 Å². The standard InChI is InChI=1S/C11H8FNO3/c1-5-7-4-9(11(15)16)13-10(14)6(7)2-3-8(5)12/h2-4H,1H3,(H,13,14)(H,15,16). The molecule has 0 atom stereocenters. The highest BCUT2D eigenvalue weighted by atomic mass is 19.1. The van der Waals surface area contributed by atoms with Crippen molar-refractivity contribution in [1.82, 2.24) is 4.98 Å². The van der Waals surface area contributed by atoms with Gasteiger partial charge in [-0.1, -0.05) is 0 Å². The Hall–Kier alpha value is -2.17. The molecule has 0 fully saturated rings. The molecule has 2 N–H and O–H groups in total. The average molecular weight is 221 g/mol. The van der Waals surface area contributed by atoms with Crippen molar-refractivity contribution in [2.45, 2.75) is 6.92 Å². The van der Waals surface area contributed by atoms with E-state index in [1.54, 1.807) is 0 Å². The van der Waals surface area contributed by atoms with Crippen LogP contribution in [0.3, 0.4) is 0 Å². The molecule has 1 aromatic heterocycles. The van der Waals surface area contributed by atoms with Crippen LogP contribution in [0.15, 0.2) is 23.0 Å². The minimum atomic E-state index is -1.25. The van der Waals surface area contributed by atoms with Gasteiger partial charge in [0.2, 0.25) is 0 Å². The Morgan fingerprint density at radius 3 is 2.69 bits per heavy atom. The van der Waals surface area contributed by atoms with Gasteiger partial charge in [0.25, 0.3) is 5.56 Å². The van der Waals surface area contributed by atoms with Crippen molar-refractivity contribution in [2.75, 3.05) is 0 Å². The first kappa shape index (κ1) is 10.4. The molecule has 0 amide bonds. The van der Waals surface area contributed by atoms with Gasteiger partial charge in [0, 0.05) is 5.39 Å². The summed E-state index contributed by atoms with van der Waals surface area (Å²) in [5.74, 6) is -1.71. The van der Waals surface area contributed by atoms with Crippen LogP contribution in [-0.2, 0) is 0 Å². The Bertz CT molecular complexity index is 645. The number of aryl methyl sites for hydroxylation is 1. The van der Waals surface area contributed by atoms with Gasteiger partial charge in [-0.05, 0) is 36.1 Å². The van der Waals surface area contributed by atoms with Crippen molar-refractivity contribution < 1.29 is 14.3 Å². The quantitative estimate of drug-likeness (QED) is 0.769. The van der Waals surface area contributed by atoms with E-state index >= 15 is 0 Å². The number of aromatic amines is 1. The molecule has 0 bridgehead atoms. The molecule has 0 aliphatic rings. The SMILES string of the molecule is Cc1c(F)ccc2c(=O)[nH]c(C(=O)O)cc12. The smallest absolute Gasteiger partial charge is 0.352 e. The van der Waals surface area contributed by atoms with Gasteiger partial charge in [-0.25, -0.2) is 9.18 Å². The zero-order chi connectivity index (χ0) is 11.9. The van der Waals surface area contributed by atoms with Gasteiger partial charge in [0.05, 0.1) is 0 Å². The summed E-state index contributed by atoms with van der Waals surface area (Å²) in [5.41, 5.74) is -0.504. The van der Waals surface area contributed by atoms with E-state index in [9.17, 15) is 14.0 Å². The molecular weight excluding hydrogens is 213 g/mol. The van der Waals surface area contributed by atoms with Crippen molar-refractivity contribution in [3.05, 3.63) is 45.6 Å². The van der Waals surface area contributed by atoms with Gasteiger partial charge in [-0.2, -0.15) is 0 Å². The normalized spacial score (nSPS) is 10.6. The first-order valence-electron chi connectivity index (χ1n) is 4.56. The topological polar surface area (TPSA) is 70.2 Å². The number of carboxylic acid groups (broad SMARTS) is 1. The van der Waals surface area contributed by atoms with Crippen LogP contribution in [0.4, 0.5) is 4.39 Å². The number of aromatic nitrogens is 1. The van der Waals surface area contributed by atoms with Crippen LogP contribution >= 0.6 is 0 Å². The molecule has 0 saturated carbocycles. The molecule has 0 unspecified atom stereocenters. The number of carboxylic acids is 1. The van der Waals surface area contributed by atoms with Crippen LogP contribution in [0.1, 0.15) is 16.1 Å². The number of hydrogen-bond donors (Lipinski definition) is 2. The summed E-state index contributed by atoms with van der Waals surface area (Å²) < 4.78 is 13.3. The molecule has 4 nitrogen and oxygen atoms in total. The predicted molar refractivity (Wildman–Crippen MR) is 56.2 cm³/mol. The van der Waals surface area contributed by atoms with E-state index in [0.717, 1.165) is 0 Å². The highest BCUT2D eigenvalue weighted by molar-refractivity contribution is 5.93. The first-order chi connectivity index (χ1) is 7.50. The molecule has 0 radical (unpaired) electrons. The van der Waals surface area contributed by atoms with Crippen LogP contribution in [0.2, 0.25) is 0 Å². The number of nitrogens with one attached hydrogen (secondary N) is 1. The Labute approximate surface area is 89.3 Å². The summed E-state index contributed by atoms with van der Waals surface area (Å²) >= 11 is 0. The Morgan fingerprint density at radius 1 is 1.38 bits per heavy atom. The number of pyridine rings is 1. The van der Waals surface area contributed by atoms with Crippen molar-refractivity contribution in [1.29, 1.82) is 0 Å². The van der Waals surface area contributed by atoms with Gasteiger partial charge in [0.15, 0.2) is 0 Å². The Morgan fingerprint density at radius 2 is 2.06 bits per heavy atom. The lowest BCUT2D eigenvalue weighted by Gasteiger charge is -2.03. The summed E-state index contributed by atoms with van der Waals surface area (Å²) in [6.07, 6.45) is 0. The Kier molecular flexibility index (Phi) is 2.23. The highest BCUT2D eigenvalue weighted by Crippen LogP contribution is 2.18. The number of H-pyrrole nitrogens is 1. The van der Waals surface area contributed by atoms with Gasteiger partial charge in [0.1, 0.15) is 11.5 Å². The second kappa shape index (κ2) is 3.44. The van der Waals surface area contributed by atoms with E-state index in [0.29, 0.717) is 5.39 Å².